The maximum Gasteiger partial charge on any atom is 0.243 e. The van der Waals surface area contributed by atoms with E-state index in [9.17, 15) is 17.6 Å². The molecular weight excluding hydrogens is 381 g/mol. The zero-order chi connectivity index (χ0) is 20.3. The number of hydrogen-bond acceptors (Lipinski definition) is 4. The lowest BCUT2D eigenvalue weighted by Gasteiger charge is -2.33. The molecule has 0 aliphatic carbocycles. The first-order chi connectivity index (χ1) is 13.3. The van der Waals surface area contributed by atoms with Crippen molar-refractivity contribution in [3.63, 3.8) is 0 Å². The van der Waals surface area contributed by atoms with Gasteiger partial charge in [-0.15, -0.1) is 0 Å². The Balaban J connectivity index is 1.55. The Morgan fingerprint density at radius 2 is 1.64 bits per heavy atom. The number of sulfonamides is 1. The van der Waals surface area contributed by atoms with Crippen LogP contribution in [0.25, 0.3) is 0 Å². The molecule has 0 radical (unpaired) electrons. The van der Waals surface area contributed by atoms with E-state index < -0.39 is 10.0 Å². The smallest absolute Gasteiger partial charge is 0.243 e. The highest BCUT2D eigenvalue weighted by Crippen LogP contribution is 2.20. The Morgan fingerprint density at radius 3 is 2.25 bits per heavy atom. The average Bonchev–Trinajstić information content (AvgIpc) is 2.66. The fraction of sp³-hybridized carbons (Fsp3) is 0.350. The van der Waals surface area contributed by atoms with E-state index in [1.165, 1.54) is 28.6 Å². The van der Waals surface area contributed by atoms with Gasteiger partial charge in [0.05, 0.1) is 11.4 Å². The molecule has 0 saturated carbocycles. The average molecular weight is 405 g/mol. The van der Waals surface area contributed by atoms with Gasteiger partial charge in [0.25, 0.3) is 0 Å². The van der Waals surface area contributed by atoms with Gasteiger partial charge >= 0.3 is 0 Å². The molecule has 0 atom stereocenters. The van der Waals surface area contributed by atoms with Gasteiger partial charge < -0.3 is 5.32 Å². The van der Waals surface area contributed by atoms with Crippen molar-refractivity contribution in [3.05, 3.63) is 59.4 Å². The third kappa shape index (κ3) is 4.76. The number of benzene rings is 2. The maximum absolute atomic E-state index is 12.9. The molecule has 2 aromatic carbocycles. The molecule has 0 bridgehead atoms. The largest absolute Gasteiger partial charge is 0.325 e. The number of anilines is 1. The van der Waals surface area contributed by atoms with E-state index in [0.717, 1.165) is 11.1 Å². The molecule has 8 heteroatoms. The van der Waals surface area contributed by atoms with E-state index in [1.54, 1.807) is 12.1 Å². The third-order valence-corrected chi connectivity index (χ3v) is 6.84. The highest BCUT2D eigenvalue weighted by molar-refractivity contribution is 7.89. The normalized spacial score (nSPS) is 16.1. The van der Waals surface area contributed by atoms with E-state index in [4.69, 9.17) is 0 Å². The first kappa shape index (κ1) is 20.4. The molecule has 1 heterocycles. The molecule has 1 fully saturated rings. The van der Waals surface area contributed by atoms with Crippen molar-refractivity contribution in [1.82, 2.24) is 9.21 Å². The molecule has 28 heavy (non-hydrogen) atoms. The molecule has 6 nitrogen and oxygen atoms in total. The van der Waals surface area contributed by atoms with Crippen LogP contribution in [0.15, 0.2) is 47.4 Å². The molecule has 0 unspecified atom stereocenters. The second-order valence-corrected chi connectivity index (χ2v) is 8.92. The van der Waals surface area contributed by atoms with Crippen molar-refractivity contribution in [3.8, 4) is 0 Å². The summed E-state index contributed by atoms with van der Waals surface area (Å²) in [6.07, 6.45) is 0. The molecule has 3 rings (SSSR count). The maximum atomic E-state index is 12.9. The van der Waals surface area contributed by atoms with Gasteiger partial charge in [-0.1, -0.05) is 6.07 Å². The number of carbonyl (C=O) groups excluding carboxylic acids is 1. The van der Waals surface area contributed by atoms with Crippen LogP contribution in [0.1, 0.15) is 11.1 Å². The number of rotatable bonds is 5. The molecule has 1 aliphatic heterocycles. The number of halogens is 1. The lowest BCUT2D eigenvalue weighted by atomic mass is 10.1. The summed E-state index contributed by atoms with van der Waals surface area (Å²) in [7, 11) is -3.54. The lowest BCUT2D eigenvalue weighted by Crippen LogP contribution is -2.50. The molecule has 1 saturated heterocycles. The predicted molar refractivity (Wildman–Crippen MR) is 106 cm³/mol. The van der Waals surface area contributed by atoms with Crippen LogP contribution in [-0.2, 0) is 14.8 Å². The fourth-order valence-corrected chi connectivity index (χ4v) is 4.60. The summed E-state index contributed by atoms with van der Waals surface area (Å²) >= 11 is 0. The minimum atomic E-state index is -3.54. The zero-order valence-electron chi connectivity index (χ0n) is 16.0. The second-order valence-electron chi connectivity index (χ2n) is 6.98. The number of carbonyl (C=O) groups is 1. The van der Waals surface area contributed by atoms with Crippen LogP contribution in [0.3, 0.4) is 0 Å². The number of nitrogens with one attached hydrogen (secondary N) is 1. The molecule has 0 spiro atoms. The topological polar surface area (TPSA) is 69.7 Å². The standard InChI is InChI=1S/C20H24FN3O3S/c1-15-3-8-19(13-16(15)2)28(26,27)24-11-9-23(10-12-24)14-20(25)22-18-6-4-17(21)5-7-18/h3-8,13H,9-12,14H2,1-2H3,(H,22,25). The number of aryl methyl sites for hydroxylation is 2. The van der Waals surface area contributed by atoms with Crippen LogP contribution in [0.4, 0.5) is 10.1 Å². The summed E-state index contributed by atoms with van der Waals surface area (Å²) in [6.45, 7) is 5.61. The van der Waals surface area contributed by atoms with E-state index in [1.807, 2.05) is 24.8 Å². The number of amides is 1. The van der Waals surface area contributed by atoms with Crippen molar-refractivity contribution in [1.29, 1.82) is 0 Å². The summed E-state index contributed by atoms with van der Waals surface area (Å²) < 4.78 is 40.1. The molecule has 150 valence electrons. The Labute approximate surface area is 165 Å². The molecular formula is C20H24FN3O3S. The summed E-state index contributed by atoms with van der Waals surface area (Å²) in [6, 6.07) is 10.7. The number of nitrogens with zero attached hydrogens (tertiary/aromatic N) is 2. The van der Waals surface area contributed by atoms with E-state index in [2.05, 4.69) is 5.32 Å². The zero-order valence-corrected chi connectivity index (χ0v) is 16.8. The molecule has 1 N–H and O–H groups in total. The lowest BCUT2D eigenvalue weighted by molar-refractivity contribution is -0.117. The fourth-order valence-electron chi connectivity index (χ4n) is 3.09. The number of piperazine rings is 1. The van der Waals surface area contributed by atoms with Gasteiger partial charge in [0.1, 0.15) is 5.82 Å². The molecule has 1 aliphatic rings. The summed E-state index contributed by atoms with van der Waals surface area (Å²) in [5, 5.41) is 2.72. The second kappa shape index (κ2) is 8.38. The van der Waals surface area contributed by atoms with Crippen molar-refractivity contribution in [2.45, 2.75) is 18.7 Å². The monoisotopic (exact) mass is 405 g/mol. The third-order valence-electron chi connectivity index (χ3n) is 4.94. The minimum absolute atomic E-state index is 0.162. The molecule has 1 amide bonds. The van der Waals surface area contributed by atoms with Crippen LogP contribution in [0, 0.1) is 19.7 Å². The Morgan fingerprint density at radius 1 is 1.00 bits per heavy atom. The van der Waals surface area contributed by atoms with Crippen molar-refractivity contribution in [2.24, 2.45) is 0 Å². The van der Waals surface area contributed by atoms with E-state index in [-0.39, 0.29) is 18.3 Å². The first-order valence-electron chi connectivity index (χ1n) is 9.11. The van der Waals surface area contributed by atoms with Gasteiger partial charge in [0.15, 0.2) is 0 Å². The predicted octanol–water partition coefficient (Wildman–Crippen LogP) is 2.39. The van der Waals surface area contributed by atoms with E-state index in [0.29, 0.717) is 36.8 Å². The number of hydrogen-bond donors (Lipinski definition) is 1. The molecule has 2 aromatic rings. The van der Waals surface area contributed by atoms with E-state index >= 15 is 0 Å². The highest BCUT2D eigenvalue weighted by Gasteiger charge is 2.29. The van der Waals surface area contributed by atoms with Crippen molar-refractivity contribution in [2.75, 3.05) is 38.0 Å². The van der Waals surface area contributed by atoms with Gasteiger partial charge in [0, 0.05) is 31.9 Å². The van der Waals surface area contributed by atoms with Gasteiger partial charge in [-0.05, 0) is 61.4 Å². The highest BCUT2D eigenvalue weighted by atomic mass is 32.2. The Bertz CT molecular complexity index is 953. The Kier molecular flexibility index (Phi) is 6.12. The quantitative estimate of drug-likeness (QED) is 0.829. The van der Waals surface area contributed by atoms with Gasteiger partial charge in [0.2, 0.25) is 15.9 Å². The van der Waals surface area contributed by atoms with Crippen LogP contribution in [0.2, 0.25) is 0 Å². The summed E-state index contributed by atoms with van der Waals surface area (Å²) in [4.78, 5) is 14.4. The SMILES string of the molecule is Cc1ccc(S(=O)(=O)N2CCN(CC(=O)Nc3ccc(F)cc3)CC2)cc1C. The summed E-state index contributed by atoms with van der Waals surface area (Å²) in [5.74, 6) is -0.573. The van der Waals surface area contributed by atoms with Crippen molar-refractivity contribution >= 4 is 21.6 Å². The van der Waals surface area contributed by atoms with Gasteiger partial charge in [-0.2, -0.15) is 4.31 Å². The minimum Gasteiger partial charge on any atom is -0.325 e. The Hall–Kier alpha value is -2.29. The van der Waals surface area contributed by atoms with Gasteiger partial charge in [-0.25, -0.2) is 12.8 Å². The van der Waals surface area contributed by atoms with Crippen LogP contribution in [-0.4, -0.2) is 56.3 Å². The summed E-state index contributed by atoms with van der Waals surface area (Å²) in [5.41, 5.74) is 2.52. The van der Waals surface area contributed by atoms with Crippen molar-refractivity contribution < 1.29 is 17.6 Å². The van der Waals surface area contributed by atoms with Crippen LogP contribution < -0.4 is 5.32 Å². The first-order valence-corrected chi connectivity index (χ1v) is 10.5. The van der Waals surface area contributed by atoms with Crippen LogP contribution in [0.5, 0.6) is 0 Å². The van der Waals surface area contributed by atoms with Gasteiger partial charge in [-0.3, -0.25) is 9.69 Å². The molecule has 0 aromatic heterocycles. The van der Waals surface area contributed by atoms with Crippen LogP contribution >= 0.6 is 0 Å².